The minimum absolute atomic E-state index is 0.0397. The van der Waals surface area contributed by atoms with Crippen LogP contribution in [0.5, 0.6) is 0 Å². The lowest BCUT2D eigenvalue weighted by atomic mass is 9.94. The largest absolute Gasteiger partial charge is 0.347 e. The second kappa shape index (κ2) is 7.29. The van der Waals surface area contributed by atoms with Gasteiger partial charge >= 0.3 is 0 Å². The second-order valence-electron chi connectivity index (χ2n) is 5.23. The van der Waals surface area contributed by atoms with E-state index < -0.39 is 0 Å². The van der Waals surface area contributed by atoms with Gasteiger partial charge < -0.3 is 10.6 Å². The number of benzene rings is 1. The third kappa shape index (κ3) is 4.35. The molecule has 0 aliphatic carbocycles. The second-order valence-corrected chi connectivity index (χ2v) is 5.23. The normalized spacial score (nSPS) is 11.4. The van der Waals surface area contributed by atoms with Crippen molar-refractivity contribution in [3.8, 4) is 0 Å². The van der Waals surface area contributed by atoms with Gasteiger partial charge in [0.15, 0.2) is 0 Å². The zero-order valence-electron chi connectivity index (χ0n) is 12.5. The number of nitrogens with one attached hydrogen (secondary N) is 2. The van der Waals surface area contributed by atoms with Crippen molar-refractivity contribution in [2.45, 2.75) is 45.6 Å². The van der Waals surface area contributed by atoms with Crippen LogP contribution in [-0.4, -0.2) is 25.0 Å². The number of hydrogen-bond donors (Lipinski definition) is 2. The van der Waals surface area contributed by atoms with Crippen LogP contribution in [0.1, 0.15) is 49.5 Å². The summed E-state index contributed by atoms with van der Waals surface area (Å²) in [5.74, 6) is 0.0397. The molecular weight excluding hydrogens is 236 g/mol. The molecule has 0 atom stereocenters. The molecule has 0 aliphatic heterocycles. The van der Waals surface area contributed by atoms with E-state index in [1.807, 2.05) is 31.3 Å². The van der Waals surface area contributed by atoms with Crippen LogP contribution in [0.25, 0.3) is 0 Å². The van der Waals surface area contributed by atoms with Crippen molar-refractivity contribution in [3.63, 3.8) is 0 Å². The predicted molar refractivity (Wildman–Crippen MR) is 80.5 cm³/mol. The molecule has 0 heterocycles. The Hall–Kier alpha value is -1.35. The molecule has 2 N–H and O–H groups in total. The average molecular weight is 262 g/mol. The summed E-state index contributed by atoms with van der Waals surface area (Å²) in [5.41, 5.74) is 1.78. The molecule has 0 unspecified atom stereocenters. The number of carbonyl (C=O) groups excluding carboxylic acids is 1. The Morgan fingerprint density at radius 3 is 2.42 bits per heavy atom. The van der Waals surface area contributed by atoms with Crippen LogP contribution in [0, 0.1) is 0 Å². The van der Waals surface area contributed by atoms with Crippen LogP contribution < -0.4 is 10.6 Å². The molecule has 19 heavy (non-hydrogen) atoms. The first-order valence-corrected chi connectivity index (χ1v) is 7.11. The van der Waals surface area contributed by atoms with E-state index in [9.17, 15) is 4.79 Å². The number of hydrogen-bond acceptors (Lipinski definition) is 2. The molecular formula is C16H26N2O. The molecule has 1 amide bonds. The lowest BCUT2D eigenvalue weighted by molar-refractivity contribution is 0.0900. The molecule has 3 heteroatoms. The fourth-order valence-corrected chi connectivity index (χ4v) is 1.99. The van der Waals surface area contributed by atoms with Gasteiger partial charge in [0.2, 0.25) is 0 Å². The van der Waals surface area contributed by atoms with E-state index in [-0.39, 0.29) is 11.4 Å². The molecule has 0 aromatic heterocycles. The lowest BCUT2D eigenvalue weighted by Gasteiger charge is -2.28. The molecule has 1 aromatic carbocycles. The smallest absolute Gasteiger partial charge is 0.251 e. The van der Waals surface area contributed by atoms with Crippen molar-refractivity contribution >= 4 is 5.91 Å². The summed E-state index contributed by atoms with van der Waals surface area (Å²) in [4.78, 5) is 12.4. The average Bonchev–Trinajstić information content (AvgIpc) is 2.45. The Bertz CT molecular complexity index is 411. The zero-order valence-corrected chi connectivity index (χ0v) is 12.5. The van der Waals surface area contributed by atoms with Crippen LogP contribution in [0.15, 0.2) is 24.3 Å². The van der Waals surface area contributed by atoms with Crippen molar-refractivity contribution in [2.75, 3.05) is 13.6 Å². The first-order valence-electron chi connectivity index (χ1n) is 7.11. The maximum absolute atomic E-state index is 12.4. The quantitative estimate of drug-likeness (QED) is 0.793. The van der Waals surface area contributed by atoms with Crippen molar-refractivity contribution in [1.29, 1.82) is 0 Å². The van der Waals surface area contributed by atoms with Crippen molar-refractivity contribution < 1.29 is 4.79 Å². The van der Waals surface area contributed by atoms with Gasteiger partial charge in [-0.2, -0.15) is 0 Å². The Morgan fingerprint density at radius 1 is 1.21 bits per heavy atom. The van der Waals surface area contributed by atoms with E-state index in [0.29, 0.717) is 0 Å². The van der Waals surface area contributed by atoms with Gasteiger partial charge in [-0.15, -0.1) is 0 Å². The van der Waals surface area contributed by atoms with Crippen LogP contribution in [0.4, 0.5) is 0 Å². The third-order valence-electron chi connectivity index (χ3n) is 3.88. The van der Waals surface area contributed by atoms with Crippen molar-refractivity contribution in [3.05, 3.63) is 35.4 Å². The van der Waals surface area contributed by atoms with E-state index in [1.165, 1.54) is 0 Å². The summed E-state index contributed by atoms with van der Waals surface area (Å²) in [6, 6.07) is 7.85. The topological polar surface area (TPSA) is 41.1 Å². The summed E-state index contributed by atoms with van der Waals surface area (Å²) >= 11 is 0. The molecule has 0 spiro atoms. The summed E-state index contributed by atoms with van der Waals surface area (Å²) in [5, 5.41) is 6.29. The van der Waals surface area contributed by atoms with Crippen LogP contribution in [-0.2, 0) is 6.42 Å². The van der Waals surface area contributed by atoms with Gasteiger partial charge in [0, 0.05) is 11.1 Å². The first kappa shape index (κ1) is 15.7. The van der Waals surface area contributed by atoms with E-state index >= 15 is 0 Å². The van der Waals surface area contributed by atoms with Gasteiger partial charge in [0.05, 0.1) is 0 Å². The molecule has 0 aliphatic rings. The van der Waals surface area contributed by atoms with Gasteiger partial charge in [0.1, 0.15) is 0 Å². The summed E-state index contributed by atoms with van der Waals surface area (Å²) in [7, 11) is 1.92. The van der Waals surface area contributed by atoms with Crippen molar-refractivity contribution in [1.82, 2.24) is 10.6 Å². The molecule has 0 saturated carbocycles. The van der Waals surface area contributed by atoms with Gasteiger partial charge in [-0.3, -0.25) is 4.79 Å². The van der Waals surface area contributed by atoms with E-state index in [2.05, 4.69) is 31.4 Å². The molecule has 1 rings (SSSR count). The highest BCUT2D eigenvalue weighted by Crippen LogP contribution is 2.16. The van der Waals surface area contributed by atoms with E-state index in [1.54, 1.807) is 0 Å². The molecule has 0 bridgehead atoms. The fraction of sp³-hybridized carbons (Fsp3) is 0.562. The third-order valence-corrected chi connectivity index (χ3v) is 3.88. The summed E-state index contributed by atoms with van der Waals surface area (Å²) < 4.78 is 0. The van der Waals surface area contributed by atoms with E-state index in [0.717, 1.165) is 36.9 Å². The van der Waals surface area contributed by atoms with Gasteiger partial charge in [-0.25, -0.2) is 0 Å². The molecule has 106 valence electrons. The van der Waals surface area contributed by atoms with E-state index in [4.69, 9.17) is 0 Å². The predicted octanol–water partition coefficient (Wildman–Crippen LogP) is 2.76. The number of likely N-dealkylation sites (N-methyl/N-ethyl adjacent to an activating group) is 1. The highest BCUT2D eigenvalue weighted by atomic mass is 16.1. The maximum Gasteiger partial charge on any atom is 0.251 e. The molecule has 0 radical (unpaired) electrons. The molecule has 3 nitrogen and oxygen atoms in total. The summed E-state index contributed by atoms with van der Waals surface area (Å²) in [6.07, 6.45) is 2.75. The van der Waals surface area contributed by atoms with Crippen LogP contribution in [0.2, 0.25) is 0 Å². The first-order chi connectivity index (χ1) is 9.06. The standard InChI is InChI=1S/C16H26N2O/c1-5-16(3,6-2)18-15(19)14-10-8-7-9-13(14)11-12-17-4/h7-10,17H,5-6,11-12H2,1-4H3,(H,18,19). The number of amides is 1. The van der Waals surface area contributed by atoms with Gasteiger partial charge in [-0.1, -0.05) is 32.0 Å². The summed E-state index contributed by atoms with van der Waals surface area (Å²) in [6.45, 7) is 7.19. The Balaban J connectivity index is 2.87. The fourth-order valence-electron chi connectivity index (χ4n) is 1.99. The molecule has 0 saturated heterocycles. The van der Waals surface area contributed by atoms with Gasteiger partial charge in [0.25, 0.3) is 5.91 Å². The monoisotopic (exact) mass is 262 g/mol. The Labute approximate surface area is 116 Å². The lowest BCUT2D eigenvalue weighted by Crippen LogP contribution is -2.45. The van der Waals surface area contributed by atoms with Crippen molar-refractivity contribution in [2.24, 2.45) is 0 Å². The highest BCUT2D eigenvalue weighted by Gasteiger charge is 2.23. The SMILES string of the molecule is CCC(C)(CC)NC(=O)c1ccccc1CCNC. The van der Waals surface area contributed by atoms with Gasteiger partial charge in [-0.05, 0) is 51.4 Å². The number of rotatable bonds is 7. The highest BCUT2D eigenvalue weighted by molar-refractivity contribution is 5.96. The maximum atomic E-state index is 12.4. The Morgan fingerprint density at radius 2 is 1.84 bits per heavy atom. The minimum Gasteiger partial charge on any atom is -0.347 e. The van der Waals surface area contributed by atoms with Crippen LogP contribution >= 0.6 is 0 Å². The minimum atomic E-state index is -0.118. The molecule has 0 fully saturated rings. The van der Waals surface area contributed by atoms with Crippen LogP contribution in [0.3, 0.4) is 0 Å². The Kier molecular flexibility index (Phi) is 6.03. The zero-order chi connectivity index (χ0) is 14.3. The molecule has 1 aromatic rings. The number of carbonyl (C=O) groups is 1.